The van der Waals surface area contributed by atoms with Gasteiger partial charge in [0.05, 0.1) is 0 Å². The van der Waals surface area contributed by atoms with Gasteiger partial charge in [0, 0.05) is 19.6 Å². The maximum atomic E-state index is 3.68. The highest BCUT2D eigenvalue weighted by Gasteiger charge is 2.18. The molecule has 1 unspecified atom stereocenters. The van der Waals surface area contributed by atoms with Crippen LogP contribution in [0.1, 0.15) is 50.2 Å². The van der Waals surface area contributed by atoms with Crippen LogP contribution >= 0.6 is 0 Å². The first-order valence-electron chi connectivity index (χ1n) is 8.36. The van der Waals surface area contributed by atoms with Crippen LogP contribution in [0.25, 0.3) is 0 Å². The van der Waals surface area contributed by atoms with Crippen molar-refractivity contribution >= 4 is 0 Å². The molecule has 2 heteroatoms. The second-order valence-corrected chi connectivity index (χ2v) is 5.93. The van der Waals surface area contributed by atoms with Gasteiger partial charge in [-0.1, -0.05) is 38.1 Å². The van der Waals surface area contributed by atoms with Crippen molar-refractivity contribution in [2.45, 2.75) is 45.4 Å². The van der Waals surface area contributed by atoms with Crippen LogP contribution in [0.15, 0.2) is 24.3 Å². The quantitative estimate of drug-likeness (QED) is 0.731. The molecule has 1 aliphatic rings. The van der Waals surface area contributed by atoms with Gasteiger partial charge in [0.1, 0.15) is 0 Å². The molecule has 2 nitrogen and oxygen atoms in total. The predicted molar refractivity (Wildman–Crippen MR) is 87.4 cm³/mol. The van der Waals surface area contributed by atoms with Crippen molar-refractivity contribution in [2.24, 2.45) is 0 Å². The van der Waals surface area contributed by atoms with Crippen LogP contribution in [0.2, 0.25) is 0 Å². The molecular weight excluding hydrogens is 244 g/mol. The molecule has 0 bridgehead atoms. The number of rotatable bonds is 8. The van der Waals surface area contributed by atoms with E-state index in [0.717, 1.165) is 19.0 Å². The first-order valence-corrected chi connectivity index (χ1v) is 8.36. The summed E-state index contributed by atoms with van der Waals surface area (Å²) in [5.41, 5.74) is 3.17. The Morgan fingerprint density at radius 3 is 2.85 bits per heavy atom. The van der Waals surface area contributed by atoms with Crippen LogP contribution in [0.3, 0.4) is 0 Å². The van der Waals surface area contributed by atoms with E-state index in [2.05, 4.69) is 48.3 Å². The first kappa shape index (κ1) is 15.5. The minimum atomic E-state index is 0.723. The standard InChI is InChI=1S/C18H30N2/c1-3-13-20(4-2)14-12-19-15-17-10-7-9-16-8-5-6-11-18(16)17/h5-6,8,11,17,19H,3-4,7,9-10,12-15H2,1-2H3. The van der Waals surface area contributed by atoms with Crippen molar-refractivity contribution in [2.75, 3.05) is 32.7 Å². The van der Waals surface area contributed by atoms with E-state index in [1.807, 2.05) is 0 Å². The van der Waals surface area contributed by atoms with Crippen molar-refractivity contribution in [3.05, 3.63) is 35.4 Å². The predicted octanol–water partition coefficient (Wildman–Crippen LogP) is 3.43. The summed E-state index contributed by atoms with van der Waals surface area (Å²) in [7, 11) is 0. The summed E-state index contributed by atoms with van der Waals surface area (Å²) in [6.45, 7) is 10.3. The second kappa shape index (κ2) is 8.43. The molecule has 0 heterocycles. The molecule has 1 N–H and O–H groups in total. The fourth-order valence-corrected chi connectivity index (χ4v) is 3.32. The Morgan fingerprint density at radius 1 is 1.20 bits per heavy atom. The van der Waals surface area contributed by atoms with Gasteiger partial charge in [-0.05, 0) is 55.8 Å². The molecule has 0 amide bonds. The molecule has 0 saturated heterocycles. The molecule has 1 aromatic rings. The monoisotopic (exact) mass is 274 g/mol. The SMILES string of the molecule is CCCN(CC)CCNCC1CCCc2ccccc21. The molecule has 0 saturated carbocycles. The van der Waals surface area contributed by atoms with Gasteiger partial charge in [-0.2, -0.15) is 0 Å². The zero-order chi connectivity index (χ0) is 14.2. The van der Waals surface area contributed by atoms with Crippen LogP contribution < -0.4 is 5.32 Å². The average molecular weight is 274 g/mol. The van der Waals surface area contributed by atoms with E-state index in [-0.39, 0.29) is 0 Å². The van der Waals surface area contributed by atoms with Gasteiger partial charge in [0.25, 0.3) is 0 Å². The Bertz CT molecular complexity index is 389. The fraction of sp³-hybridized carbons (Fsp3) is 0.667. The van der Waals surface area contributed by atoms with Crippen molar-refractivity contribution in [1.82, 2.24) is 10.2 Å². The summed E-state index contributed by atoms with van der Waals surface area (Å²) in [4.78, 5) is 2.53. The summed E-state index contributed by atoms with van der Waals surface area (Å²) < 4.78 is 0. The number of benzene rings is 1. The van der Waals surface area contributed by atoms with E-state index in [9.17, 15) is 0 Å². The fourth-order valence-electron chi connectivity index (χ4n) is 3.32. The van der Waals surface area contributed by atoms with Crippen molar-refractivity contribution in [1.29, 1.82) is 0 Å². The maximum Gasteiger partial charge on any atom is 0.0107 e. The van der Waals surface area contributed by atoms with Gasteiger partial charge in [0.2, 0.25) is 0 Å². The Balaban J connectivity index is 1.75. The molecule has 0 aliphatic heterocycles. The molecule has 112 valence electrons. The van der Waals surface area contributed by atoms with E-state index >= 15 is 0 Å². The van der Waals surface area contributed by atoms with E-state index in [0.29, 0.717) is 0 Å². The van der Waals surface area contributed by atoms with Crippen LogP contribution in [-0.4, -0.2) is 37.6 Å². The molecule has 20 heavy (non-hydrogen) atoms. The van der Waals surface area contributed by atoms with Gasteiger partial charge in [0.15, 0.2) is 0 Å². The smallest absolute Gasteiger partial charge is 0.0107 e. The number of hydrogen-bond donors (Lipinski definition) is 1. The Labute approximate surface area is 124 Å². The third-order valence-corrected chi connectivity index (χ3v) is 4.48. The number of likely N-dealkylation sites (N-methyl/N-ethyl adjacent to an activating group) is 1. The minimum absolute atomic E-state index is 0.723. The first-order chi connectivity index (χ1) is 9.85. The van der Waals surface area contributed by atoms with Gasteiger partial charge in [-0.3, -0.25) is 0 Å². The average Bonchev–Trinajstić information content (AvgIpc) is 2.50. The largest absolute Gasteiger partial charge is 0.315 e. The maximum absolute atomic E-state index is 3.68. The zero-order valence-corrected chi connectivity index (χ0v) is 13.2. The van der Waals surface area contributed by atoms with Crippen molar-refractivity contribution in [3.8, 4) is 0 Å². The molecule has 1 aliphatic carbocycles. The Kier molecular flexibility index (Phi) is 6.55. The second-order valence-electron chi connectivity index (χ2n) is 5.93. The van der Waals surface area contributed by atoms with Gasteiger partial charge in [-0.25, -0.2) is 0 Å². The zero-order valence-electron chi connectivity index (χ0n) is 13.2. The van der Waals surface area contributed by atoms with E-state index < -0.39 is 0 Å². The van der Waals surface area contributed by atoms with E-state index in [1.54, 1.807) is 11.1 Å². The normalized spacial score (nSPS) is 18.2. The molecule has 1 atom stereocenters. The summed E-state index contributed by atoms with van der Waals surface area (Å²) in [5, 5.41) is 3.68. The van der Waals surface area contributed by atoms with Crippen LogP contribution in [0, 0.1) is 0 Å². The lowest BCUT2D eigenvalue weighted by atomic mass is 9.83. The van der Waals surface area contributed by atoms with Crippen LogP contribution in [0.5, 0.6) is 0 Å². The topological polar surface area (TPSA) is 15.3 Å². The molecule has 0 aromatic heterocycles. The van der Waals surface area contributed by atoms with Crippen LogP contribution in [-0.2, 0) is 6.42 Å². The lowest BCUT2D eigenvalue weighted by Crippen LogP contribution is -2.34. The van der Waals surface area contributed by atoms with Crippen LogP contribution in [0.4, 0.5) is 0 Å². The van der Waals surface area contributed by atoms with Crippen molar-refractivity contribution < 1.29 is 0 Å². The summed E-state index contributed by atoms with van der Waals surface area (Å²) >= 11 is 0. The molecular formula is C18H30N2. The van der Waals surface area contributed by atoms with Crippen molar-refractivity contribution in [3.63, 3.8) is 0 Å². The Morgan fingerprint density at radius 2 is 2.05 bits per heavy atom. The lowest BCUT2D eigenvalue weighted by molar-refractivity contribution is 0.286. The summed E-state index contributed by atoms with van der Waals surface area (Å²) in [6.07, 6.45) is 5.22. The molecule has 1 aromatic carbocycles. The number of fused-ring (bicyclic) bond motifs is 1. The van der Waals surface area contributed by atoms with E-state index in [4.69, 9.17) is 0 Å². The van der Waals surface area contributed by atoms with Gasteiger partial charge < -0.3 is 10.2 Å². The molecule has 0 radical (unpaired) electrons. The molecule has 0 spiro atoms. The highest BCUT2D eigenvalue weighted by Crippen LogP contribution is 2.30. The lowest BCUT2D eigenvalue weighted by Gasteiger charge is -2.26. The minimum Gasteiger partial charge on any atom is -0.315 e. The highest BCUT2D eigenvalue weighted by molar-refractivity contribution is 5.32. The third kappa shape index (κ3) is 4.32. The molecule has 0 fully saturated rings. The number of aryl methyl sites for hydroxylation is 1. The number of nitrogens with one attached hydrogen (secondary N) is 1. The third-order valence-electron chi connectivity index (χ3n) is 4.48. The number of hydrogen-bond acceptors (Lipinski definition) is 2. The van der Waals surface area contributed by atoms with E-state index in [1.165, 1.54) is 45.3 Å². The highest BCUT2D eigenvalue weighted by atomic mass is 15.1. The number of nitrogens with zero attached hydrogens (tertiary/aromatic N) is 1. The molecule has 2 rings (SSSR count). The summed E-state index contributed by atoms with van der Waals surface area (Å²) in [6, 6.07) is 9.01. The van der Waals surface area contributed by atoms with Gasteiger partial charge in [-0.15, -0.1) is 0 Å². The summed E-state index contributed by atoms with van der Waals surface area (Å²) in [5.74, 6) is 0.723. The Hall–Kier alpha value is -0.860. The van der Waals surface area contributed by atoms with Gasteiger partial charge >= 0.3 is 0 Å².